The number of aryl methyl sites for hydroxylation is 1. The Labute approximate surface area is 167 Å². The number of rotatable bonds is 10. The van der Waals surface area contributed by atoms with E-state index in [2.05, 4.69) is 18.2 Å². The summed E-state index contributed by atoms with van der Waals surface area (Å²) >= 11 is 0. The number of hydrogen-bond donors (Lipinski definition) is 1. The summed E-state index contributed by atoms with van der Waals surface area (Å²) < 4.78 is 6.10. The fourth-order valence-electron chi connectivity index (χ4n) is 4.40. The summed E-state index contributed by atoms with van der Waals surface area (Å²) in [4.78, 5) is 23.0. The van der Waals surface area contributed by atoms with Crippen molar-refractivity contribution in [3.8, 4) is 0 Å². The fraction of sp³-hybridized carbons (Fsp3) is 0.500. The second kappa shape index (κ2) is 9.83. The lowest BCUT2D eigenvalue weighted by Gasteiger charge is -2.24. The summed E-state index contributed by atoms with van der Waals surface area (Å²) in [6.45, 7) is 2.04. The van der Waals surface area contributed by atoms with Gasteiger partial charge in [-0.2, -0.15) is 0 Å². The maximum atomic E-state index is 12.4. The molecule has 2 heterocycles. The van der Waals surface area contributed by atoms with Crippen LogP contribution in [0, 0.1) is 18.8 Å². The predicted octanol–water partition coefficient (Wildman–Crippen LogP) is 4.66. The van der Waals surface area contributed by atoms with Crippen molar-refractivity contribution in [3.63, 3.8) is 0 Å². The van der Waals surface area contributed by atoms with Crippen molar-refractivity contribution in [1.82, 2.24) is 0 Å². The first-order valence-electron chi connectivity index (χ1n) is 10.3. The molecule has 4 heteroatoms. The monoisotopic (exact) mass is 382 g/mol. The molecule has 0 spiro atoms. The van der Waals surface area contributed by atoms with Gasteiger partial charge in [0.1, 0.15) is 0 Å². The zero-order chi connectivity index (χ0) is 19.9. The maximum absolute atomic E-state index is 12.4. The lowest BCUT2D eigenvalue weighted by molar-refractivity contribution is -0.137. The molecule has 1 aromatic carbocycles. The van der Waals surface area contributed by atoms with Gasteiger partial charge in [0, 0.05) is 18.8 Å². The molecule has 2 fully saturated rings. The Morgan fingerprint density at radius 3 is 2.75 bits per heavy atom. The number of carbonyl (C=O) groups is 2. The molecule has 4 atom stereocenters. The van der Waals surface area contributed by atoms with Crippen LogP contribution in [-0.2, 0) is 20.7 Å². The number of hydrogen-bond acceptors (Lipinski definition) is 3. The number of fused-ring (bicyclic) bond motifs is 2. The van der Waals surface area contributed by atoms with Crippen LogP contribution < -0.4 is 0 Å². The minimum atomic E-state index is -0.740. The van der Waals surface area contributed by atoms with Gasteiger partial charge in [0.05, 0.1) is 12.2 Å². The minimum Gasteiger partial charge on any atom is -0.481 e. The van der Waals surface area contributed by atoms with Gasteiger partial charge in [0.2, 0.25) is 0 Å². The molecule has 0 unspecified atom stereocenters. The van der Waals surface area contributed by atoms with Gasteiger partial charge < -0.3 is 9.84 Å². The molecule has 1 N–H and O–H groups in total. The highest BCUT2D eigenvalue weighted by atomic mass is 16.5. The van der Waals surface area contributed by atoms with Crippen molar-refractivity contribution in [3.05, 3.63) is 59.7 Å². The van der Waals surface area contributed by atoms with Crippen LogP contribution in [0.2, 0.25) is 0 Å². The van der Waals surface area contributed by atoms with Crippen molar-refractivity contribution >= 4 is 11.8 Å². The Morgan fingerprint density at radius 2 is 1.96 bits per heavy atom. The normalized spacial score (nSPS) is 26.5. The number of carboxylic acids is 1. The third-order valence-electron chi connectivity index (χ3n) is 5.95. The van der Waals surface area contributed by atoms with Crippen LogP contribution >= 0.6 is 0 Å². The van der Waals surface area contributed by atoms with E-state index in [1.54, 1.807) is 6.08 Å². The smallest absolute Gasteiger partial charge is 0.303 e. The predicted molar refractivity (Wildman–Crippen MR) is 109 cm³/mol. The standard InChI is InChI=1S/C24H30O4/c1-17-8-6-7-9-18(17)16-19(25)12-13-21-20(22-14-15-23(21)28-22)10-4-2-3-5-11-24(26)27/h2,4,6-9,12-13,20-23H,3,5,10-11,14-16H2,1H3,(H,26,27)/t20-,21+,22-,23+/m1/s1. The van der Waals surface area contributed by atoms with E-state index in [4.69, 9.17) is 9.84 Å². The second-order valence-electron chi connectivity index (χ2n) is 7.95. The number of carboxylic acid groups (broad SMARTS) is 1. The fourth-order valence-corrected chi connectivity index (χ4v) is 4.40. The largest absolute Gasteiger partial charge is 0.481 e. The lowest BCUT2D eigenvalue weighted by atomic mass is 9.77. The Hall–Kier alpha value is -2.20. The molecule has 0 aliphatic carbocycles. The van der Waals surface area contributed by atoms with E-state index < -0.39 is 5.97 Å². The number of ketones is 1. The summed E-state index contributed by atoms with van der Waals surface area (Å²) in [5.41, 5.74) is 2.24. The topological polar surface area (TPSA) is 63.6 Å². The molecule has 0 radical (unpaired) electrons. The van der Waals surface area contributed by atoms with E-state index >= 15 is 0 Å². The van der Waals surface area contributed by atoms with Gasteiger partial charge in [-0.25, -0.2) is 0 Å². The molecule has 2 aliphatic heterocycles. The molecule has 2 aliphatic rings. The van der Waals surface area contributed by atoms with Crippen LogP contribution in [0.3, 0.4) is 0 Å². The zero-order valence-electron chi connectivity index (χ0n) is 16.5. The van der Waals surface area contributed by atoms with Crippen molar-refractivity contribution in [1.29, 1.82) is 0 Å². The van der Waals surface area contributed by atoms with E-state index in [9.17, 15) is 9.59 Å². The van der Waals surface area contributed by atoms with Crippen molar-refractivity contribution in [2.45, 2.75) is 64.1 Å². The van der Waals surface area contributed by atoms with Crippen LogP contribution in [-0.4, -0.2) is 29.1 Å². The van der Waals surface area contributed by atoms with E-state index in [-0.39, 0.29) is 24.4 Å². The number of ether oxygens (including phenoxy) is 1. The summed E-state index contributed by atoms with van der Waals surface area (Å²) in [5, 5.41) is 8.69. The summed E-state index contributed by atoms with van der Waals surface area (Å²) in [6, 6.07) is 8.02. The SMILES string of the molecule is Cc1ccccc1CC(=O)C=C[C@H]1[C@@H](CC=CCCCC(=O)O)[C@H]2CC[C@@H]1O2. The molecule has 0 saturated carbocycles. The van der Waals surface area contributed by atoms with Crippen molar-refractivity contribution in [2.75, 3.05) is 0 Å². The molecule has 28 heavy (non-hydrogen) atoms. The first kappa shape index (κ1) is 20.5. The van der Waals surface area contributed by atoms with Crippen LogP contribution in [0.4, 0.5) is 0 Å². The number of allylic oxidation sites excluding steroid dienone is 3. The van der Waals surface area contributed by atoms with Gasteiger partial charge in [-0.3, -0.25) is 9.59 Å². The average molecular weight is 383 g/mol. The van der Waals surface area contributed by atoms with Crippen LogP contribution in [0.25, 0.3) is 0 Å². The number of benzene rings is 1. The number of carbonyl (C=O) groups excluding carboxylic acids is 1. The Bertz CT molecular complexity index is 749. The molecular weight excluding hydrogens is 352 g/mol. The molecule has 150 valence electrons. The molecule has 4 nitrogen and oxygen atoms in total. The Kier molecular flexibility index (Phi) is 7.21. The highest BCUT2D eigenvalue weighted by Crippen LogP contribution is 2.45. The molecule has 1 aromatic rings. The van der Waals surface area contributed by atoms with Gasteiger partial charge in [0.15, 0.2) is 5.78 Å². The van der Waals surface area contributed by atoms with Crippen LogP contribution in [0.15, 0.2) is 48.6 Å². The molecule has 0 aromatic heterocycles. The average Bonchev–Trinajstić information content (AvgIpc) is 3.26. The second-order valence-corrected chi connectivity index (χ2v) is 7.95. The van der Waals surface area contributed by atoms with Crippen molar-refractivity contribution < 1.29 is 19.4 Å². The van der Waals surface area contributed by atoms with Crippen molar-refractivity contribution in [2.24, 2.45) is 11.8 Å². The zero-order valence-corrected chi connectivity index (χ0v) is 16.5. The van der Waals surface area contributed by atoms with Gasteiger partial charge in [0.25, 0.3) is 0 Å². The molecule has 2 bridgehead atoms. The van der Waals surface area contributed by atoms with Gasteiger partial charge in [-0.05, 0) is 62.1 Å². The number of unbranched alkanes of at least 4 members (excludes halogenated alkanes) is 1. The highest BCUT2D eigenvalue weighted by molar-refractivity contribution is 5.91. The molecule has 3 rings (SSSR count). The third kappa shape index (κ3) is 5.41. The minimum absolute atomic E-state index is 0.139. The van der Waals surface area contributed by atoms with E-state index in [1.807, 2.05) is 31.2 Å². The Balaban J connectivity index is 1.53. The third-order valence-corrected chi connectivity index (χ3v) is 5.95. The van der Waals surface area contributed by atoms with E-state index in [0.717, 1.165) is 36.8 Å². The lowest BCUT2D eigenvalue weighted by Crippen LogP contribution is -2.25. The first-order valence-corrected chi connectivity index (χ1v) is 10.3. The highest BCUT2D eigenvalue weighted by Gasteiger charge is 2.46. The Morgan fingerprint density at radius 1 is 1.18 bits per heavy atom. The van der Waals surface area contributed by atoms with E-state index in [1.165, 1.54) is 0 Å². The first-order chi connectivity index (χ1) is 13.5. The summed E-state index contributed by atoms with van der Waals surface area (Å²) in [5.74, 6) is 0.107. The quantitative estimate of drug-likeness (QED) is 0.363. The van der Waals surface area contributed by atoms with Gasteiger partial charge in [-0.15, -0.1) is 0 Å². The summed E-state index contributed by atoms with van der Waals surface area (Å²) in [6.07, 6.45) is 13.8. The molecular formula is C24H30O4. The molecule has 2 saturated heterocycles. The van der Waals surface area contributed by atoms with Gasteiger partial charge >= 0.3 is 5.97 Å². The molecule has 0 amide bonds. The summed E-state index contributed by atoms with van der Waals surface area (Å²) in [7, 11) is 0. The number of aliphatic carboxylic acids is 1. The van der Waals surface area contributed by atoms with E-state index in [0.29, 0.717) is 24.7 Å². The van der Waals surface area contributed by atoms with Crippen LogP contribution in [0.5, 0.6) is 0 Å². The maximum Gasteiger partial charge on any atom is 0.303 e. The van der Waals surface area contributed by atoms with Crippen LogP contribution in [0.1, 0.15) is 49.7 Å². The van der Waals surface area contributed by atoms with Gasteiger partial charge in [-0.1, -0.05) is 42.5 Å².